The summed E-state index contributed by atoms with van der Waals surface area (Å²) in [6.07, 6.45) is 0.852. The molecule has 0 saturated carbocycles. The largest absolute Gasteiger partial charge is 0.493 e. The van der Waals surface area contributed by atoms with Crippen LogP contribution in [0.15, 0.2) is 42.5 Å². The lowest BCUT2D eigenvalue weighted by Crippen LogP contribution is -2.43. The number of anilines is 1. The SMILES string of the molecule is COc1ccc(CCC(=O)NNC(=S)Nc2cccc(Cl)c2)cc1OC. The first kappa shape index (κ1) is 19.8. The number of halogens is 1. The summed E-state index contributed by atoms with van der Waals surface area (Å²) in [7, 11) is 3.16. The van der Waals surface area contributed by atoms with Gasteiger partial charge < -0.3 is 14.8 Å². The average molecular weight is 394 g/mol. The van der Waals surface area contributed by atoms with E-state index in [-0.39, 0.29) is 11.0 Å². The van der Waals surface area contributed by atoms with Gasteiger partial charge in [0.25, 0.3) is 0 Å². The highest BCUT2D eigenvalue weighted by molar-refractivity contribution is 7.80. The zero-order chi connectivity index (χ0) is 18.9. The van der Waals surface area contributed by atoms with Crippen molar-refractivity contribution in [3.05, 3.63) is 53.1 Å². The summed E-state index contributed by atoms with van der Waals surface area (Å²) in [4.78, 5) is 12.0. The number of hydrazine groups is 1. The van der Waals surface area contributed by atoms with Gasteiger partial charge in [-0.3, -0.25) is 15.6 Å². The molecule has 3 N–H and O–H groups in total. The van der Waals surface area contributed by atoms with Gasteiger partial charge in [0.05, 0.1) is 14.2 Å². The molecule has 0 bridgehead atoms. The molecule has 0 aromatic heterocycles. The van der Waals surface area contributed by atoms with Crippen LogP contribution in [0.2, 0.25) is 5.02 Å². The Morgan fingerprint density at radius 3 is 2.54 bits per heavy atom. The maximum Gasteiger partial charge on any atom is 0.238 e. The van der Waals surface area contributed by atoms with Crippen LogP contribution in [0, 0.1) is 0 Å². The molecule has 2 aromatic rings. The molecule has 0 aliphatic carbocycles. The summed E-state index contributed by atoms with van der Waals surface area (Å²) in [5, 5.41) is 3.79. The minimum absolute atomic E-state index is 0.185. The van der Waals surface area contributed by atoms with E-state index in [1.54, 1.807) is 32.4 Å². The minimum atomic E-state index is -0.185. The Bertz CT molecular complexity index is 786. The molecule has 2 aromatic carbocycles. The summed E-state index contributed by atoms with van der Waals surface area (Å²) < 4.78 is 10.4. The number of thiocarbonyl (C=S) groups is 1. The number of rotatable bonds is 6. The lowest BCUT2D eigenvalue weighted by atomic mass is 10.1. The first-order valence-electron chi connectivity index (χ1n) is 7.84. The Balaban J connectivity index is 1.77. The van der Waals surface area contributed by atoms with Crippen LogP contribution in [0.4, 0.5) is 5.69 Å². The summed E-state index contributed by atoms with van der Waals surface area (Å²) in [5.74, 6) is 1.10. The van der Waals surface area contributed by atoms with Gasteiger partial charge in [-0.25, -0.2) is 0 Å². The van der Waals surface area contributed by atoms with E-state index in [0.717, 1.165) is 11.3 Å². The normalized spacial score (nSPS) is 9.96. The van der Waals surface area contributed by atoms with Gasteiger partial charge in [-0.1, -0.05) is 23.7 Å². The summed E-state index contributed by atoms with van der Waals surface area (Å²) in [6, 6.07) is 12.7. The van der Waals surface area contributed by atoms with Crippen molar-refractivity contribution >= 4 is 40.5 Å². The summed E-state index contributed by atoms with van der Waals surface area (Å²) in [6.45, 7) is 0. The molecule has 0 aliphatic heterocycles. The lowest BCUT2D eigenvalue weighted by Gasteiger charge is -2.12. The van der Waals surface area contributed by atoms with Crippen LogP contribution < -0.4 is 25.6 Å². The van der Waals surface area contributed by atoms with Gasteiger partial charge in [0.1, 0.15) is 0 Å². The summed E-state index contributed by atoms with van der Waals surface area (Å²) >= 11 is 11.0. The first-order chi connectivity index (χ1) is 12.5. The van der Waals surface area contributed by atoms with Crippen LogP contribution in [0.3, 0.4) is 0 Å². The highest BCUT2D eigenvalue weighted by Gasteiger charge is 2.07. The topological polar surface area (TPSA) is 71.6 Å². The molecule has 0 radical (unpaired) electrons. The van der Waals surface area contributed by atoms with Crippen molar-refractivity contribution in [1.29, 1.82) is 0 Å². The number of aryl methyl sites for hydroxylation is 1. The predicted molar refractivity (Wildman–Crippen MR) is 107 cm³/mol. The molecule has 0 unspecified atom stereocenters. The Morgan fingerprint density at radius 1 is 1.08 bits per heavy atom. The maximum atomic E-state index is 12.0. The second kappa shape index (κ2) is 9.84. The number of nitrogens with one attached hydrogen (secondary N) is 3. The molecular weight excluding hydrogens is 374 g/mol. The smallest absolute Gasteiger partial charge is 0.238 e. The van der Waals surface area contributed by atoms with Crippen LogP contribution in [0.5, 0.6) is 11.5 Å². The number of hydrogen-bond acceptors (Lipinski definition) is 4. The van der Waals surface area contributed by atoms with E-state index in [4.69, 9.17) is 33.3 Å². The highest BCUT2D eigenvalue weighted by atomic mass is 35.5. The number of hydrogen-bond donors (Lipinski definition) is 3. The van der Waals surface area contributed by atoms with Crippen molar-refractivity contribution in [2.45, 2.75) is 12.8 Å². The number of ether oxygens (including phenoxy) is 2. The number of carbonyl (C=O) groups is 1. The van der Waals surface area contributed by atoms with E-state index in [1.165, 1.54) is 0 Å². The highest BCUT2D eigenvalue weighted by Crippen LogP contribution is 2.27. The van der Waals surface area contributed by atoms with Gasteiger partial charge in [-0.05, 0) is 54.5 Å². The molecule has 26 heavy (non-hydrogen) atoms. The van der Waals surface area contributed by atoms with E-state index in [0.29, 0.717) is 29.4 Å². The molecule has 0 aliphatic rings. The van der Waals surface area contributed by atoms with Crippen molar-refractivity contribution in [2.24, 2.45) is 0 Å². The number of benzene rings is 2. The molecule has 8 heteroatoms. The van der Waals surface area contributed by atoms with E-state index >= 15 is 0 Å². The Labute approximate surface area is 162 Å². The predicted octanol–water partition coefficient (Wildman–Crippen LogP) is 3.31. The molecule has 0 saturated heterocycles. The van der Waals surface area contributed by atoms with Crippen LogP contribution in [0.25, 0.3) is 0 Å². The van der Waals surface area contributed by atoms with Crippen molar-refractivity contribution in [3.63, 3.8) is 0 Å². The fourth-order valence-corrected chi connectivity index (χ4v) is 2.57. The van der Waals surface area contributed by atoms with Crippen LogP contribution in [-0.4, -0.2) is 25.2 Å². The van der Waals surface area contributed by atoms with Gasteiger partial charge in [0, 0.05) is 17.1 Å². The van der Waals surface area contributed by atoms with Gasteiger partial charge in [-0.2, -0.15) is 0 Å². The molecule has 6 nitrogen and oxygen atoms in total. The fourth-order valence-electron chi connectivity index (χ4n) is 2.21. The van der Waals surface area contributed by atoms with Crippen molar-refractivity contribution < 1.29 is 14.3 Å². The Morgan fingerprint density at radius 2 is 1.85 bits per heavy atom. The molecule has 0 heterocycles. The maximum absolute atomic E-state index is 12.0. The molecule has 0 fully saturated rings. The zero-order valence-electron chi connectivity index (χ0n) is 14.5. The van der Waals surface area contributed by atoms with Gasteiger partial charge in [0.2, 0.25) is 5.91 Å². The Hall–Kier alpha value is -2.51. The average Bonchev–Trinajstić information content (AvgIpc) is 2.64. The van der Waals surface area contributed by atoms with E-state index in [9.17, 15) is 4.79 Å². The second-order valence-corrected chi connectivity index (χ2v) is 6.17. The molecular formula is C18H20ClN3O3S. The molecule has 0 atom stereocenters. The van der Waals surface area contributed by atoms with Crippen molar-refractivity contribution in [2.75, 3.05) is 19.5 Å². The van der Waals surface area contributed by atoms with Gasteiger partial charge in [0.15, 0.2) is 16.6 Å². The number of methoxy groups -OCH3 is 2. The molecule has 0 spiro atoms. The number of carbonyl (C=O) groups excluding carboxylic acids is 1. The fraction of sp³-hybridized carbons (Fsp3) is 0.222. The second-order valence-electron chi connectivity index (χ2n) is 5.33. The van der Waals surface area contributed by atoms with E-state index in [2.05, 4.69) is 16.2 Å². The quantitative estimate of drug-likeness (QED) is 0.516. The van der Waals surface area contributed by atoms with Crippen molar-refractivity contribution in [3.8, 4) is 11.5 Å². The Kier molecular flexibility index (Phi) is 7.50. The first-order valence-corrected chi connectivity index (χ1v) is 8.62. The summed E-state index contributed by atoms with van der Waals surface area (Å²) in [5.41, 5.74) is 6.92. The molecule has 2 rings (SSSR count). The van der Waals surface area contributed by atoms with Crippen LogP contribution in [0.1, 0.15) is 12.0 Å². The monoisotopic (exact) mass is 393 g/mol. The molecule has 138 valence electrons. The van der Waals surface area contributed by atoms with Crippen LogP contribution in [-0.2, 0) is 11.2 Å². The van der Waals surface area contributed by atoms with Crippen molar-refractivity contribution in [1.82, 2.24) is 10.9 Å². The van der Waals surface area contributed by atoms with E-state index < -0.39 is 0 Å². The zero-order valence-corrected chi connectivity index (χ0v) is 16.0. The van der Waals surface area contributed by atoms with Gasteiger partial charge in [-0.15, -0.1) is 0 Å². The third-order valence-corrected chi connectivity index (χ3v) is 3.93. The number of amides is 1. The standard InChI is InChI=1S/C18H20ClN3O3S/c1-24-15-8-6-12(10-16(15)25-2)7-9-17(23)21-22-18(26)20-14-5-3-4-13(19)11-14/h3-6,8,10-11H,7,9H2,1-2H3,(H,21,23)(H2,20,22,26). The van der Waals surface area contributed by atoms with E-state index in [1.807, 2.05) is 24.3 Å². The third-order valence-electron chi connectivity index (χ3n) is 3.49. The molecule has 1 amide bonds. The minimum Gasteiger partial charge on any atom is -0.493 e. The van der Waals surface area contributed by atoms with Gasteiger partial charge >= 0.3 is 0 Å². The third kappa shape index (κ3) is 6.09. The lowest BCUT2D eigenvalue weighted by molar-refractivity contribution is -0.121. The van der Waals surface area contributed by atoms with Crippen LogP contribution >= 0.6 is 23.8 Å².